The summed E-state index contributed by atoms with van der Waals surface area (Å²) in [6.45, 7) is 2.12. The quantitative estimate of drug-likeness (QED) is 0.759. The number of ether oxygens (including phenoxy) is 1. The maximum Gasteiger partial charge on any atom is 0.259 e. The van der Waals surface area contributed by atoms with Crippen LogP contribution in [0.3, 0.4) is 0 Å². The Morgan fingerprint density at radius 1 is 1.65 bits per heavy atom. The highest BCUT2D eigenvalue weighted by Gasteiger charge is 2.19. The Bertz CT molecular complexity index is 452. The highest BCUT2D eigenvalue weighted by molar-refractivity contribution is 7.89. The predicted octanol–water partition coefficient (Wildman–Crippen LogP) is 0.261. The Kier molecular flexibility index (Phi) is 4.93. The topological polar surface area (TPSA) is 73.2 Å². The smallest absolute Gasteiger partial charge is 0.259 e. The van der Waals surface area contributed by atoms with Crippen LogP contribution in [0.5, 0.6) is 0 Å². The predicted molar refractivity (Wildman–Crippen MR) is 64.7 cm³/mol. The average molecular weight is 282 g/mol. The van der Waals surface area contributed by atoms with E-state index in [0.29, 0.717) is 5.82 Å². The number of hydrogen-bond acceptors (Lipinski definition) is 4. The van der Waals surface area contributed by atoms with Gasteiger partial charge in [-0.25, -0.2) is 18.1 Å². The van der Waals surface area contributed by atoms with E-state index in [1.165, 1.54) is 13.3 Å². The zero-order chi connectivity index (χ0) is 13.1. The van der Waals surface area contributed by atoms with Crippen molar-refractivity contribution in [3.05, 3.63) is 12.0 Å². The zero-order valence-electron chi connectivity index (χ0n) is 9.97. The number of hydrogen-bond donors (Lipinski definition) is 1. The first-order valence-corrected chi connectivity index (χ1v) is 6.91. The molecular weight excluding hydrogens is 266 g/mol. The second kappa shape index (κ2) is 5.81. The molecule has 1 unspecified atom stereocenters. The summed E-state index contributed by atoms with van der Waals surface area (Å²) in [7, 11) is -0.359. The molecule has 98 valence electrons. The normalized spacial score (nSPS) is 13.9. The molecule has 0 fully saturated rings. The molecule has 1 rings (SSSR count). The van der Waals surface area contributed by atoms with Gasteiger partial charge in [-0.1, -0.05) is 0 Å². The van der Waals surface area contributed by atoms with Crippen molar-refractivity contribution in [3.8, 4) is 0 Å². The summed E-state index contributed by atoms with van der Waals surface area (Å²) >= 11 is 5.83. The number of sulfonamides is 1. The van der Waals surface area contributed by atoms with Crippen molar-refractivity contribution in [1.82, 2.24) is 14.3 Å². The van der Waals surface area contributed by atoms with Crippen molar-refractivity contribution in [3.63, 3.8) is 0 Å². The first kappa shape index (κ1) is 14.4. The molecule has 0 bridgehead atoms. The molecule has 17 heavy (non-hydrogen) atoms. The standard InChI is InChI=1S/C9H16ClN3O3S/c1-7-12-9(5-13(7)2)17(14,15)11-4-8(10)6-16-3/h5,8,11H,4,6H2,1-3H3. The molecule has 1 aromatic rings. The number of nitrogens with zero attached hydrogens (tertiary/aromatic N) is 2. The van der Waals surface area contributed by atoms with Crippen LogP contribution in [-0.2, 0) is 21.8 Å². The van der Waals surface area contributed by atoms with E-state index in [4.69, 9.17) is 16.3 Å². The van der Waals surface area contributed by atoms with Gasteiger partial charge in [-0.15, -0.1) is 11.6 Å². The summed E-state index contributed by atoms with van der Waals surface area (Å²) in [6, 6.07) is 0. The molecule has 0 aliphatic carbocycles. The first-order valence-electron chi connectivity index (χ1n) is 4.99. The fourth-order valence-electron chi connectivity index (χ4n) is 1.17. The Morgan fingerprint density at radius 2 is 2.29 bits per heavy atom. The third-order valence-electron chi connectivity index (χ3n) is 2.20. The molecular formula is C9H16ClN3O3S. The minimum Gasteiger partial charge on any atom is -0.383 e. The van der Waals surface area contributed by atoms with Gasteiger partial charge in [0.25, 0.3) is 10.0 Å². The van der Waals surface area contributed by atoms with E-state index in [-0.39, 0.29) is 18.2 Å². The van der Waals surface area contributed by atoms with Crippen LogP contribution in [0.4, 0.5) is 0 Å². The number of halogens is 1. The van der Waals surface area contributed by atoms with Crippen molar-refractivity contribution in [2.45, 2.75) is 17.3 Å². The monoisotopic (exact) mass is 281 g/mol. The van der Waals surface area contributed by atoms with E-state index < -0.39 is 15.4 Å². The van der Waals surface area contributed by atoms with Crippen molar-refractivity contribution in [1.29, 1.82) is 0 Å². The van der Waals surface area contributed by atoms with E-state index in [0.717, 1.165) is 0 Å². The van der Waals surface area contributed by atoms with Crippen LogP contribution < -0.4 is 4.72 Å². The van der Waals surface area contributed by atoms with Crippen LogP contribution in [0.25, 0.3) is 0 Å². The highest BCUT2D eigenvalue weighted by Crippen LogP contribution is 2.07. The van der Waals surface area contributed by atoms with Crippen LogP contribution in [0.15, 0.2) is 11.2 Å². The van der Waals surface area contributed by atoms with Crippen molar-refractivity contribution in [2.75, 3.05) is 20.3 Å². The highest BCUT2D eigenvalue weighted by atomic mass is 35.5. The molecule has 0 spiro atoms. The number of imidazole rings is 1. The second-order valence-corrected chi connectivity index (χ2v) is 5.97. The molecule has 1 heterocycles. The molecule has 0 radical (unpaired) electrons. The van der Waals surface area contributed by atoms with Gasteiger partial charge in [0.2, 0.25) is 0 Å². The third kappa shape index (κ3) is 3.95. The lowest BCUT2D eigenvalue weighted by molar-refractivity contribution is 0.198. The van der Waals surface area contributed by atoms with Gasteiger partial charge in [-0.2, -0.15) is 0 Å². The number of nitrogens with one attached hydrogen (secondary N) is 1. The van der Waals surface area contributed by atoms with Gasteiger partial charge in [-0.3, -0.25) is 0 Å². The fourth-order valence-corrected chi connectivity index (χ4v) is 2.58. The number of methoxy groups -OCH3 is 1. The molecule has 6 nitrogen and oxygen atoms in total. The Hall–Kier alpha value is -0.630. The lowest BCUT2D eigenvalue weighted by atomic mass is 10.5. The van der Waals surface area contributed by atoms with Crippen LogP contribution in [0.1, 0.15) is 5.82 Å². The number of aryl methyl sites for hydroxylation is 2. The molecule has 1 N–H and O–H groups in total. The summed E-state index contributed by atoms with van der Waals surface area (Å²) in [4.78, 5) is 3.94. The van der Waals surface area contributed by atoms with Gasteiger partial charge in [0.1, 0.15) is 5.82 Å². The zero-order valence-corrected chi connectivity index (χ0v) is 11.5. The molecule has 8 heteroatoms. The van der Waals surface area contributed by atoms with Crippen LogP contribution in [-0.4, -0.2) is 43.6 Å². The maximum atomic E-state index is 11.8. The van der Waals surface area contributed by atoms with E-state index in [9.17, 15) is 8.42 Å². The molecule has 0 saturated heterocycles. The molecule has 0 amide bonds. The van der Waals surface area contributed by atoms with Crippen LogP contribution in [0, 0.1) is 6.92 Å². The minimum absolute atomic E-state index is 0.00113. The van der Waals surface area contributed by atoms with E-state index >= 15 is 0 Å². The maximum absolute atomic E-state index is 11.8. The van der Waals surface area contributed by atoms with Crippen LogP contribution >= 0.6 is 11.6 Å². The van der Waals surface area contributed by atoms with Gasteiger partial charge in [0.15, 0.2) is 5.03 Å². The van der Waals surface area contributed by atoms with Crippen LogP contribution in [0.2, 0.25) is 0 Å². The number of alkyl halides is 1. The Balaban J connectivity index is 2.69. The Morgan fingerprint density at radius 3 is 2.76 bits per heavy atom. The van der Waals surface area contributed by atoms with Gasteiger partial charge in [0.05, 0.1) is 12.0 Å². The lowest BCUT2D eigenvalue weighted by Crippen LogP contribution is -2.31. The van der Waals surface area contributed by atoms with Gasteiger partial charge in [0, 0.05) is 26.9 Å². The van der Waals surface area contributed by atoms with E-state index in [1.807, 2.05) is 0 Å². The molecule has 1 aromatic heterocycles. The lowest BCUT2D eigenvalue weighted by Gasteiger charge is -2.08. The largest absolute Gasteiger partial charge is 0.383 e. The van der Waals surface area contributed by atoms with Gasteiger partial charge >= 0.3 is 0 Å². The summed E-state index contributed by atoms with van der Waals surface area (Å²) in [5, 5.41) is -0.404. The van der Waals surface area contributed by atoms with Crippen molar-refractivity contribution < 1.29 is 13.2 Å². The molecule has 0 aliphatic heterocycles. The minimum atomic E-state index is -3.60. The van der Waals surface area contributed by atoms with Gasteiger partial charge < -0.3 is 9.30 Å². The SMILES string of the molecule is COCC(Cl)CNS(=O)(=O)c1cn(C)c(C)n1. The molecule has 0 aliphatic rings. The summed E-state index contributed by atoms with van der Waals surface area (Å²) in [5.41, 5.74) is 0. The molecule has 0 aromatic carbocycles. The average Bonchev–Trinajstić information content (AvgIpc) is 2.58. The van der Waals surface area contributed by atoms with Crippen molar-refractivity contribution in [2.24, 2.45) is 7.05 Å². The second-order valence-electron chi connectivity index (χ2n) is 3.64. The summed E-state index contributed by atoms with van der Waals surface area (Å²) in [6.07, 6.45) is 1.46. The summed E-state index contributed by atoms with van der Waals surface area (Å²) < 4.78 is 32.5. The number of aromatic nitrogens is 2. The molecule has 1 atom stereocenters. The van der Waals surface area contributed by atoms with Gasteiger partial charge in [-0.05, 0) is 6.92 Å². The third-order valence-corrected chi connectivity index (χ3v) is 3.78. The number of rotatable bonds is 6. The summed E-state index contributed by atoms with van der Waals surface area (Å²) in [5.74, 6) is 0.629. The fraction of sp³-hybridized carbons (Fsp3) is 0.667. The van der Waals surface area contributed by atoms with E-state index in [1.54, 1.807) is 18.5 Å². The van der Waals surface area contributed by atoms with Crippen molar-refractivity contribution >= 4 is 21.6 Å². The first-order chi connectivity index (χ1) is 7.86. The molecule has 0 saturated carbocycles. The Labute approximate surface area is 106 Å². The van der Waals surface area contributed by atoms with E-state index in [2.05, 4.69) is 9.71 Å².